The quantitative estimate of drug-likeness (QED) is 0.930. The van der Waals surface area contributed by atoms with E-state index in [1.54, 1.807) is 0 Å². The molecule has 2 rings (SSSR count). The Morgan fingerprint density at radius 3 is 2.43 bits per heavy atom. The third kappa shape index (κ3) is 3.26. The standard InChI is InChI=1S/C17H24N2O2/c1-11-9-13-14(10-12(11)2)19(8-6-7-15(20)21)16(18-13)17(3,4)5/h9-10H,6-8H2,1-5H3,(H,20,21). The smallest absolute Gasteiger partial charge is 0.303 e. The van der Waals surface area contributed by atoms with E-state index in [0.29, 0.717) is 13.0 Å². The number of imidazole rings is 1. The monoisotopic (exact) mass is 288 g/mol. The van der Waals surface area contributed by atoms with Crippen LogP contribution in [0.25, 0.3) is 11.0 Å². The number of hydrogen-bond acceptors (Lipinski definition) is 2. The van der Waals surface area contributed by atoms with Crippen molar-refractivity contribution in [3.05, 3.63) is 29.1 Å². The molecule has 0 aliphatic carbocycles. The Bertz CT molecular complexity index is 678. The van der Waals surface area contributed by atoms with Crippen molar-refractivity contribution in [1.29, 1.82) is 0 Å². The molecule has 4 nitrogen and oxygen atoms in total. The lowest BCUT2D eigenvalue weighted by molar-refractivity contribution is -0.137. The van der Waals surface area contributed by atoms with Crippen molar-refractivity contribution in [2.24, 2.45) is 0 Å². The molecule has 1 heterocycles. The fourth-order valence-electron chi connectivity index (χ4n) is 2.57. The van der Waals surface area contributed by atoms with Crippen LogP contribution in [0.2, 0.25) is 0 Å². The third-order valence-electron chi connectivity index (χ3n) is 3.81. The molecule has 0 amide bonds. The molecule has 0 fully saturated rings. The van der Waals surface area contributed by atoms with E-state index < -0.39 is 5.97 Å². The SMILES string of the molecule is Cc1cc2nc(C(C)(C)C)n(CCCC(=O)O)c2cc1C. The highest BCUT2D eigenvalue weighted by Gasteiger charge is 2.23. The van der Waals surface area contributed by atoms with Crippen LogP contribution in [0.4, 0.5) is 0 Å². The predicted molar refractivity (Wildman–Crippen MR) is 84.8 cm³/mol. The fourth-order valence-corrected chi connectivity index (χ4v) is 2.57. The topological polar surface area (TPSA) is 55.1 Å². The first-order valence-corrected chi connectivity index (χ1v) is 7.40. The summed E-state index contributed by atoms with van der Waals surface area (Å²) in [7, 11) is 0. The van der Waals surface area contributed by atoms with Gasteiger partial charge in [-0.1, -0.05) is 20.8 Å². The number of rotatable bonds is 4. The van der Waals surface area contributed by atoms with E-state index >= 15 is 0 Å². The Hall–Kier alpha value is -1.84. The predicted octanol–water partition coefficient (Wildman–Crippen LogP) is 3.82. The van der Waals surface area contributed by atoms with Crippen LogP contribution >= 0.6 is 0 Å². The molecule has 0 unspecified atom stereocenters. The van der Waals surface area contributed by atoms with Gasteiger partial charge >= 0.3 is 5.97 Å². The van der Waals surface area contributed by atoms with Gasteiger partial charge in [0.1, 0.15) is 5.82 Å². The van der Waals surface area contributed by atoms with Gasteiger partial charge in [0.2, 0.25) is 0 Å². The molecule has 0 spiro atoms. The molecule has 1 N–H and O–H groups in total. The summed E-state index contributed by atoms with van der Waals surface area (Å²) < 4.78 is 2.19. The van der Waals surface area contributed by atoms with Gasteiger partial charge in [-0.3, -0.25) is 4.79 Å². The number of aromatic nitrogens is 2. The number of carbonyl (C=O) groups is 1. The number of hydrogen-bond donors (Lipinski definition) is 1. The van der Waals surface area contributed by atoms with Gasteiger partial charge in [-0.25, -0.2) is 4.98 Å². The minimum Gasteiger partial charge on any atom is -0.481 e. The molecule has 0 aliphatic rings. The second kappa shape index (κ2) is 5.51. The van der Waals surface area contributed by atoms with Gasteiger partial charge in [0, 0.05) is 18.4 Å². The fraction of sp³-hybridized carbons (Fsp3) is 0.529. The van der Waals surface area contributed by atoms with Crippen molar-refractivity contribution < 1.29 is 9.90 Å². The number of nitrogens with zero attached hydrogens (tertiary/aromatic N) is 2. The lowest BCUT2D eigenvalue weighted by Gasteiger charge is -2.20. The van der Waals surface area contributed by atoms with Crippen molar-refractivity contribution in [3.8, 4) is 0 Å². The third-order valence-corrected chi connectivity index (χ3v) is 3.81. The number of aliphatic carboxylic acids is 1. The number of carboxylic acid groups (broad SMARTS) is 1. The zero-order chi connectivity index (χ0) is 15.8. The van der Waals surface area contributed by atoms with Crippen LogP contribution < -0.4 is 0 Å². The Labute approximate surface area is 125 Å². The first-order valence-electron chi connectivity index (χ1n) is 7.40. The Balaban J connectivity index is 2.52. The van der Waals surface area contributed by atoms with Crippen molar-refractivity contribution >= 4 is 17.0 Å². The Morgan fingerprint density at radius 1 is 1.24 bits per heavy atom. The van der Waals surface area contributed by atoms with E-state index in [0.717, 1.165) is 16.9 Å². The van der Waals surface area contributed by atoms with Crippen LogP contribution in [-0.4, -0.2) is 20.6 Å². The zero-order valence-electron chi connectivity index (χ0n) is 13.5. The molecule has 1 aromatic carbocycles. The van der Waals surface area contributed by atoms with E-state index in [2.05, 4.69) is 51.3 Å². The first kappa shape index (κ1) is 15.5. The second-order valence-corrected chi connectivity index (χ2v) is 6.76. The van der Waals surface area contributed by atoms with Crippen molar-refractivity contribution in [3.63, 3.8) is 0 Å². The molecule has 0 radical (unpaired) electrons. The minimum atomic E-state index is -0.747. The molecule has 4 heteroatoms. The highest BCUT2D eigenvalue weighted by Crippen LogP contribution is 2.28. The van der Waals surface area contributed by atoms with Crippen LogP contribution in [-0.2, 0) is 16.8 Å². The van der Waals surface area contributed by atoms with Gasteiger partial charge in [0.25, 0.3) is 0 Å². The molecule has 0 atom stereocenters. The number of aryl methyl sites for hydroxylation is 3. The zero-order valence-corrected chi connectivity index (χ0v) is 13.5. The van der Waals surface area contributed by atoms with Crippen LogP contribution in [0.5, 0.6) is 0 Å². The summed E-state index contributed by atoms with van der Waals surface area (Å²) in [5.74, 6) is 0.275. The van der Waals surface area contributed by atoms with Gasteiger partial charge in [0.15, 0.2) is 0 Å². The summed E-state index contributed by atoms with van der Waals surface area (Å²) in [5.41, 5.74) is 4.51. The van der Waals surface area contributed by atoms with Crippen LogP contribution in [0.3, 0.4) is 0 Å². The van der Waals surface area contributed by atoms with Crippen molar-refractivity contribution in [2.75, 3.05) is 0 Å². The highest BCUT2D eigenvalue weighted by molar-refractivity contribution is 5.78. The lowest BCUT2D eigenvalue weighted by atomic mass is 9.95. The van der Waals surface area contributed by atoms with E-state index in [4.69, 9.17) is 10.1 Å². The van der Waals surface area contributed by atoms with E-state index in [1.807, 2.05) is 0 Å². The maximum atomic E-state index is 10.7. The molecule has 0 saturated heterocycles. The van der Waals surface area contributed by atoms with Crippen LogP contribution in [0.1, 0.15) is 50.6 Å². The molecule has 114 valence electrons. The van der Waals surface area contributed by atoms with Gasteiger partial charge in [0.05, 0.1) is 11.0 Å². The molecule has 2 aromatic rings. The average molecular weight is 288 g/mol. The molecule has 1 aromatic heterocycles. The molecule has 0 bridgehead atoms. The first-order chi connectivity index (χ1) is 9.70. The second-order valence-electron chi connectivity index (χ2n) is 6.76. The summed E-state index contributed by atoms with van der Waals surface area (Å²) in [6.45, 7) is 11.3. The molecular formula is C17H24N2O2. The Kier molecular flexibility index (Phi) is 4.08. The van der Waals surface area contributed by atoms with Gasteiger partial charge in [-0.15, -0.1) is 0 Å². The average Bonchev–Trinajstić information content (AvgIpc) is 2.68. The van der Waals surface area contributed by atoms with Crippen LogP contribution in [0.15, 0.2) is 12.1 Å². The summed E-state index contributed by atoms with van der Waals surface area (Å²) in [5, 5.41) is 8.84. The van der Waals surface area contributed by atoms with Crippen LogP contribution in [0, 0.1) is 13.8 Å². The van der Waals surface area contributed by atoms with E-state index in [-0.39, 0.29) is 11.8 Å². The largest absolute Gasteiger partial charge is 0.481 e. The van der Waals surface area contributed by atoms with E-state index in [1.165, 1.54) is 11.1 Å². The molecular weight excluding hydrogens is 264 g/mol. The summed E-state index contributed by atoms with van der Waals surface area (Å²) in [4.78, 5) is 15.5. The summed E-state index contributed by atoms with van der Waals surface area (Å²) in [6, 6.07) is 4.28. The minimum absolute atomic E-state index is 0.0654. The lowest BCUT2D eigenvalue weighted by Crippen LogP contribution is -2.19. The van der Waals surface area contributed by atoms with E-state index in [9.17, 15) is 4.79 Å². The van der Waals surface area contributed by atoms with Crippen molar-refractivity contribution in [1.82, 2.24) is 9.55 Å². The van der Waals surface area contributed by atoms with Gasteiger partial charge < -0.3 is 9.67 Å². The maximum Gasteiger partial charge on any atom is 0.303 e. The van der Waals surface area contributed by atoms with Crippen molar-refractivity contribution in [2.45, 2.75) is 59.4 Å². The normalized spacial score (nSPS) is 12.0. The molecule has 0 saturated carbocycles. The van der Waals surface area contributed by atoms with Gasteiger partial charge in [-0.2, -0.15) is 0 Å². The number of benzene rings is 1. The number of carboxylic acids is 1. The summed E-state index contributed by atoms with van der Waals surface area (Å²) in [6.07, 6.45) is 0.810. The Morgan fingerprint density at radius 2 is 1.86 bits per heavy atom. The van der Waals surface area contributed by atoms with Gasteiger partial charge in [-0.05, 0) is 43.5 Å². The molecule has 21 heavy (non-hydrogen) atoms. The molecule has 0 aliphatic heterocycles. The highest BCUT2D eigenvalue weighted by atomic mass is 16.4. The number of fused-ring (bicyclic) bond motifs is 1. The summed E-state index contributed by atoms with van der Waals surface area (Å²) >= 11 is 0. The maximum absolute atomic E-state index is 10.7.